The summed E-state index contributed by atoms with van der Waals surface area (Å²) in [7, 11) is 1.56. The normalized spacial score (nSPS) is 10.9. The van der Waals surface area contributed by atoms with Crippen LogP contribution in [0.1, 0.15) is 17.5 Å². The second-order valence-electron chi connectivity index (χ2n) is 6.78. The highest BCUT2D eigenvalue weighted by Crippen LogP contribution is 2.24. The number of carbonyl (C=O) groups is 1. The molecule has 0 atom stereocenters. The molecule has 0 fully saturated rings. The summed E-state index contributed by atoms with van der Waals surface area (Å²) in [6, 6.07) is 8.90. The van der Waals surface area contributed by atoms with Gasteiger partial charge in [0.1, 0.15) is 23.5 Å². The predicted molar refractivity (Wildman–Crippen MR) is 112 cm³/mol. The first-order valence-electron chi connectivity index (χ1n) is 9.39. The number of benzene rings is 1. The predicted octanol–water partition coefficient (Wildman–Crippen LogP) is 3.26. The Morgan fingerprint density at radius 1 is 1.27 bits per heavy atom. The topological polar surface area (TPSA) is 99.2 Å². The quantitative estimate of drug-likeness (QED) is 0.495. The van der Waals surface area contributed by atoms with Gasteiger partial charge in [-0.3, -0.25) is 9.36 Å². The number of hydrogen-bond acceptors (Lipinski definition) is 6. The molecule has 0 aliphatic heterocycles. The number of ether oxygens (including phenoxy) is 1. The maximum Gasteiger partial charge on any atom is 0.339 e. The Labute approximate surface area is 172 Å². The molecule has 0 radical (unpaired) electrons. The molecule has 0 aliphatic rings. The third kappa shape index (κ3) is 3.93. The van der Waals surface area contributed by atoms with Crippen LogP contribution in [0.15, 0.2) is 64.5 Å². The number of aromatic nitrogens is 3. The molecule has 1 aromatic carbocycles. The Hall–Kier alpha value is -3.94. The van der Waals surface area contributed by atoms with Crippen molar-refractivity contribution >= 4 is 22.6 Å². The molecule has 0 aliphatic carbocycles. The molecule has 3 aromatic heterocycles. The molecule has 0 spiro atoms. The van der Waals surface area contributed by atoms with E-state index < -0.39 is 5.63 Å². The van der Waals surface area contributed by atoms with E-state index in [2.05, 4.69) is 15.3 Å². The van der Waals surface area contributed by atoms with E-state index in [1.807, 2.05) is 19.1 Å². The Bertz CT molecular complexity index is 1240. The first kappa shape index (κ1) is 19.4. The van der Waals surface area contributed by atoms with Gasteiger partial charge in [-0.2, -0.15) is 0 Å². The molecule has 30 heavy (non-hydrogen) atoms. The molecule has 0 unspecified atom stereocenters. The first-order chi connectivity index (χ1) is 14.5. The van der Waals surface area contributed by atoms with E-state index in [0.717, 1.165) is 10.9 Å². The summed E-state index contributed by atoms with van der Waals surface area (Å²) in [6.45, 7) is 1.86. The molecule has 4 rings (SSSR count). The zero-order valence-electron chi connectivity index (χ0n) is 16.6. The van der Waals surface area contributed by atoms with Crippen LogP contribution in [0.4, 0.5) is 5.69 Å². The van der Waals surface area contributed by atoms with E-state index in [9.17, 15) is 9.59 Å². The van der Waals surface area contributed by atoms with Crippen molar-refractivity contribution in [3.63, 3.8) is 0 Å². The standard InChI is InChI=1S/C22H20N4O4/c1-14-17-5-4-16(29-2)11-19(17)30-22(28)18(14)6-8-21(27)25-15-3-7-20(24-12-15)26-10-9-23-13-26/h3-5,7,9-13H,6,8H2,1-2H3,(H,25,27). The number of anilines is 1. The van der Waals surface area contributed by atoms with Crippen molar-refractivity contribution < 1.29 is 13.9 Å². The van der Waals surface area contributed by atoms with Crippen LogP contribution in [-0.2, 0) is 11.2 Å². The lowest BCUT2D eigenvalue weighted by Crippen LogP contribution is -2.16. The van der Waals surface area contributed by atoms with Gasteiger partial charge in [0.25, 0.3) is 0 Å². The lowest BCUT2D eigenvalue weighted by Gasteiger charge is -2.09. The van der Waals surface area contributed by atoms with Crippen LogP contribution in [0, 0.1) is 6.92 Å². The van der Waals surface area contributed by atoms with Crippen LogP contribution in [-0.4, -0.2) is 27.6 Å². The molecule has 8 heteroatoms. The van der Waals surface area contributed by atoms with Gasteiger partial charge in [-0.25, -0.2) is 14.8 Å². The minimum absolute atomic E-state index is 0.149. The van der Waals surface area contributed by atoms with E-state index >= 15 is 0 Å². The molecule has 152 valence electrons. The van der Waals surface area contributed by atoms with Crippen LogP contribution in [0.5, 0.6) is 5.75 Å². The number of rotatable bonds is 6. The second kappa shape index (κ2) is 8.20. The smallest absolute Gasteiger partial charge is 0.339 e. The van der Waals surface area contributed by atoms with Crippen LogP contribution in [0.25, 0.3) is 16.8 Å². The monoisotopic (exact) mass is 404 g/mol. The van der Waals surface area contributed by atoms with Crippen molar-refractivity contribution in [2.24, 2.45) is 0 Å². The van der Waals surface area contributed by atoms with E-state index in [-0.39, 0.29) is 18.7 Å². The average molecular weight is 404 g/mol. The van der Waals surface area contributed by atoms with Gasteiger partial charge in [0, 0.05) is 35.8 Å². The Morgan fingerprint density at radius 3 is 2.83 bits per heavy atom. The fraction of sp³-hybridized carbons (Fsp3) is 0.182. The van der Waals surface area contributed by atoms with Gasteiger partial charge in [0.15, 0.2) is 0 Å². The third-order valence-corrected chi connectivity index (χ3v) is 4.90. The van der Waals surface area contributed by atoms with Gasteiger partial charge in [-0.15, -0.1) is 0 Å². The number of nitrogens with one attached hydrogen (secondary N) is 1. The first-order valence-corrected chi connectivity index (χ1v) is 9.39. The number of aryl methyl sites for hydroxylation is 1. The molecular formula is C22H20N4O4. The number of carbonyl (C=O) groups excluding carboxylic acids is 1. The molecule has 0 saturated heterocycles. The molecule has 1 amide bonds. The molecule has 8 nitrogen and oxygen atoms in total. The minimum atomic E-state index is -0.438. The highest BCUT2D eigenvalue weighted by Gasteiger charge is 2.14. The van der Waals surface area contributed by atoms with Crippen LogP contribution in [0.3, 0.4) is 0 Å². The van der Waals surface area contributed by atoms with Crippen molar-refractivity contribution in [2.75, 3.05) is 12.4 Å². The molecular weight excluding hydrogens is 384 g/mol. The summed E-state index contributed by atoms with van der Waals surface area (Å²) in [5, 5.41) is 3.62. The Kier molecular flexibility index (Phi) is 5.30. The van der Waals surface area contributed by atoms with Gasteiger partial charge in [0.2, 0.25) is 5.91 Å². The summed E-state index contributed by atoms with van der Waals surface area (Å²) in [4.78, 5) is 33.1. The van der Waals surface area contributed by atoms with E-state index in [0.29, 0.717) is 28.4 Å². The maximum absolute atomic E-state index is 12.4. The zero-order valence-corrected chi connectivity index (χ0v) is 16.6. The number of imidazole rings is 1. The number of nitrogens with zero attached hydrogens (tertiary/aromatic N) is 3. The highest BCUT2D eigenvalue weighted by molar-refractivity contribution is 5.91. The molecule has 0 bridgehead atoms. The number of amides is 1. The van der Waals surface area contributed by atoms with Crippen molar-refractivity contribution in [3.05, 3.63) is 76.8 Å². The van der Waals surface area contributed by atoms with Crippen molar-refractivity contribution in [1.82, 2.24) is 14.5 Å². The molecule has 0 saturated carbocycles. The minimum Gasteiger partial charge on any atom is -0.497 e. The largest absolute Gasteiger partial charge is 0.497 e. The van der Waals surface area contributed by atoms with Gasteiger partial charge < -0.3 is 14.5 Å². The average Bonchev–Trinajstić information content (AvgIpc) is 3.28. The van der Waals surface area contributed by atoms with Crippen LogP contribution >= 0.6 is 0 Å². The molecule has 1 N–H and O–H groups in total. The summed E-state index contributed by atoms with van der Waals surface area (Å²) >= 11 is 0. The zero-order chi connectivity index (χ0) is 21.1. The molecule has 3 heterocycles. The van der Waals surface area contributed by atoms with E-state index in [4.69, 9.17) is 9.15 Å². The van der Waals surface area contributed by atoms with Gasteiger partial charge in [-0.05, 0) is 43.2 Å². The van der Waals surface area contributed by atoms with Gasteiger partial charge >= 0.3 is 5.63 Å². The van der Waals surface area contributed by atoms with E-state index in [1.165, 1.54) is 0 Å². The summed E-state index contributed by atoms with van der Waals surface area (Å²) in [6.07, 6.45) is 7.11. The van der Waals surface area contributed by atoms with Gasteiger partial charge in [0.05, 0.1) is 19.0 Å². The number of pyridine rings is 1. The van der Waals surface area contributed by atoms with Crippen molar-refractivity contribution in [3.8, 4) is 11.6 Å². The lowest BCUT2D eigenvalue weighted by molar-refractivity contribution is -0.116. The van der Waals surface area contributed by atoms with Gasteiger partial charge in [-0.1, -0.05) is 0 Å². The Morgan fingerprint density at radius 2 is 2.13 bits per heavy atom. The van der Waals surface area contributed by atoms with Crippen molar-refractivity contribution in [2.45, 2.75) is 19.8 Å². The summed E-state index contributed by atoms with van der Waals surface area (Å²) in [5.41, 5.74) is 1.92. The number of hydrogen-bond donors (Lipinski definition) is 1. The Balaban J connectivity index is 1.44. The highest BCUT2D eigenvalue weighted by atomic mass is 16.5. The summed E-state index contributed by atoms with van der Waals surface area (Å²) < 4.78 is 12.4. The van der Waals surface area contributed by atoms with Crippen LogP contribution in [0.2, 0.25) is 0 Å². The van der Waals surface area contributed by atoms with E-state index in [1.54, 1.807) is 54.8 Å². The summed E-state index contributed by atoms with van der Waals surface area (Å²) in [5.74, 6) is 1.11. The second-order valence-corrected chi connectivity index (χ2v) is 6.78. The third-order valence-electron chi connectivity index (χ3n) is 4.90. The lowest BCUT2D eigenvalue weighted by atomic mass is 10.0. The fourth-order valence-electron chi connectivity index (χ4n) is 3.26. The molecule has 4 aromatic rings. The fourth-order valence-corrected chi connectivity index (χ4v) is 3.26. The SMILES string of the molecule is COc1ccc2c(C)c(CCC(=O)Nc3ccc(-n4ccnc4)nc3)c(=O)oc2c1. The van der Waals surface area contributed by atoms with Crippen LogP contribution < -0.4 is 15.7 Å². The number of methoxy groups -OCH3 is 1. The maximum atomic E-state index is 12.4. The number of fused-ring (bicyclic) bond motifs is 1. The van der Waals surface area contributed by atoms with Crippen molar-refractivity contribution in [1.29, 1.82) is 0 Å².